The maximum Gasteiger partial charge on any atom is 0.335 e. The Balaban J connectivity index is 1.65. The lowest BCUT2D eigenvalue weighted by atomic mass is 10.0. The van der Waals surface area contributed by atoms with E-state index in [1.54, 1.807) is 12.1 Å². The molecule has 4 rings (SSSR count). The molecule has 0 radical (unpaired) electrons. The molecule has 0 bridgehead atoms. The number of carboxylic acids is 1. The van der Waals surface area contributed by atoms with Gasteiger partial charge in [0.15, 0.2) is 0 Å². The summed E-state index contributed by atoms with van der Waals surface area (Å²) >= 11 is 0. The molecule has 2 aliphatic heterocycles. The lowest BCUT2D eigenvalue weighted by molar-refractivity contribution is 0.0697. The topological polar surface area (TPSA) is 199 Å². The van der Waals surface area contributed by atoms with Crippen molar-refractivity contribution in [2.45, 2.75) is 37.0 Å². The van der Waals surface area contributed by atoms with E-state index in [2.05, 4.69) is 20.3 Å². The molecule has 1 aromatic heterocycles. The molecule has 2 aliphatic rings. The molecule has 10 N–H and O–H groups in total. The van der Waals surface area contributed by atoms with Gasteiger partial charge in [-0.3, -0.25) is 0 Å². The average molecular weight is 443 g/mol. The number of nitrogens with two attached hydrogens (primary N) is 4. The normalized spacial score (nSPS) is 26.1. The van der Waals surface area contributed by atoms with Crippen LogP contribution < -0.4 is 38.1 Å². The van der Waals surface area contributed by atoms with Crippen LogP contribution in [0.25, 0.3) is 0 Å². The molecular formula is C20H30N10O2. The Hall–Kier alpha value is -3.06. The minimum atomic E-state index is -0.989. The van der Waals surface area contributed by atoms with Crippen LogP contribution in [0.15, 0.2) is 24.3 Å². The van der Waals surface area contributed by atoms with E-state index < -0.39 is 5.97 Å². The summed E-state index contributed by atoms with van der Waals surface area (Å²) in [6.07, 6.45) is 1.48. The number of anilines is 4. The van der Waals surface area contributed by atoms with Crippen molar-refractivity contribution in [1.82, 2.24) is 15.0 Å². The molecule has 0 unspecified atom stereocenters. The number of benzene rings is 1. The second-order valence-electron chi connectivity index (χ2n) is 8.59. The fourth-order valence-electron chi connectivity index (χ4n) is 4.20. The van der Waals surface area contributed by atoms with Crippen LogP contribution in [0.3, 0.4) is 0 Å². The molecule has 32 heavy (non-hydrogen) atoms. The molecule has 2 aromatic rings. The van der Waals surface area contributed by atoms with Crippen molar-refractivity contribution in [2.24, 2.45) is 22.9 Å². The molecule has 12 nitrogen and oxygen atoms in total. The Morgan fingerprint density at radius 3 is 1.66 bits per heavy atom. The first-order chi connectivity index (χ1) is 15.3. The largest absolute Gasteiger partial charge is 0.478 e. The summed E-state index contributed by atoms with van der Waals surface area (Å²) in [7, 11) is 0. The van der Waals surface area contributed by atoms with Crippen molar-refractivity contribution >= 4 is 29.5 Å². The molecule has 0 aliphatic carbocycles. The van der Waals surface area contributed by atoms with Gasteiger partial charge < -0.3 is 43.2 Å². The van der Waals surface area contributed by atoms with Gasteiger partial charge in [0.1, 0.15) is 0 Å². The average Bonchev–Trinajstić information content (AvgIpc) is 2.72. The number of hydrogen-bond acceptors (Lipinski definition) is 11. The van der Waals surface area contributed by atoms with Crippen molar-refractivity contribution in [3.05, 3.63) is 29.8 Å². The first kappa shape index (κ1) is 22.1. The van der Waals surface area contributed by atoms with E-state index in [-0.39, 0.29) is 29.7 Å². The Morgan fingerprint density at radius 2 is 1.25 bits per heavy atom. The summed E-state index contributed by atoms with van der Waals surface area (Å²) in [6, 6.07) is 6.05. The van der Waals surface area contributed by atoms with Crippen LogP contribution in [0.5, 0.6) is 0 Å². The lowest BCUT2D eigenvalue weighted by Crippen LogP contribution is -2.54. The van der Waals surface area contributed by atoms with Gasteiger partial charge in [-0.1, -0.05) is 0 Å². The number of aromatic nitrogens is 3. The van der Waals surface area contributed by atoms with Gasteiger partial charge in [0, 0.05) is 56.0 Å². The molecular weight excluding hydrogens is 412 g/mol. The number of piperidine rings is 2. The van der Waals surface area contributed by atoms with Gasteiger partial charge in [-0.2, -0.15) is 15.0 Å². The summed E-state index contributed by atoms with van der Waals surface area (Å²) in [5, 5.41) is 12.2. The Bertz CT molecular complexity index is 892. The Morgan fingerprint density at radius 1 is 0.812 bits per heavy atom. The highest BCUT2D eigenvalue weighted by molar-refractivity contribution is 5.88. The number of rotatable bonds is 5. The van der Waals surface area contributed by atoms with Crippen LogP contribution in [-0.4, -0.2) is 76.4 Å². The maximum atomic E-state index is 11.1. The Kier molecular flexibility index (Phi) is 6.37. The predicted octanol–water partition coefficient (Wildman–Crippen LogP) is -0.957. The smallest absolute Gasteiger partial charge is 0.335 e. The maximum absolute atomic E-state index is 11.1. The number of hydrogen-bond donors (Lipinski definition) is 6. The van der Waals surface area contributed by atoms with Crippen molar-refractivity contribution < 1.29 is 9.90 Å². The number of nitrogens with zero attached hydrogens (tertiary/aromatic N) is 5. The van der Waals surface area contributed by atoms with E-state index in [0.29, 0.717) is 49.7 Å². The quantitative estimate of drug-likeness (QED) is 0.332. The van der Waals surface area contributed by atoms with Crippen LogP contribution >= 0.6 is 0 Å². The molecule has 0 saturated carbocycles. The summed E-state index contributed by atoms with van der Waals surface area (Å²) in [5.41, 5.74) is 25.5. The third-order valence-electron chi connectivity index (χ3n) is 5.60. The van der Waals surface area contributed by atoms with E-state index in [4.69, 9.17) is 28.0 Å². The van der Waals surface area contributed by atoms with Crippen LogP contribution in [-0.2, 0) is 0 Å². The molecule has 172 valence electrons. The van der Waals surface area contributed by atoms with Gasteiger partial charge in [-0.25, -0.2) is 4.79 Å². The Labute approximate surface area is 186 Å². The van der Waals surface area contributed by atoms with Crippen molar-refractivity contribution in [3.8, 4) is 0 Å². The van der Waals surface area contributed by atoms with Crippen molar-refractivity contribution in [3.63, 3.8) is 0 Å². The second kappa shape index (κ2) is 9.20. The SMILES string of the molecule is N[C@@H]1C[C@H](N)CN(c2nc(Nc3ccc(C(=O)O)cc3)nc(N3C[C@H](N)C[C@H](N)C3)n2)C1. The minimum absolute atomic E-state index is 0.0734. The molecule has 12 heteroatoms. The minimum Gasteiger partial charge on any atom is -0.478 e. The molecule has 0 amide bonds. The first-order valence-electron chi connectivity index (χ1n) is 10.7. The monoisotopic (exact) mass is 442 g/mol. The van der Waals surface area contributed by atoms with E-state index in [1.807, 2.05) is 9.80 Å². The molecule has 2 fully saturated rings. The molecule has 1 aromatic carbocycles. The zero-order valence-electron chi connectivity index (χ0n) is 17.8. The molecule has 2 saturated heterocycles. The summed E-state index contributed by atoms with van der Waals surface area (Å²) in [4.78, 5) is 28.9. The van der Waals surface area contributed by atoms with Crippen LogP contribution in [0, 0.1) is 0 Å². The van der Waals surface area contributed by atoms with E-state index in [9.17, 15) is 4.79 Å². The van der Waals surface area contributed by atoms with Gasteiger partial charge in [0.05, 0.1) is 5.56 Å². The highest BCUT2D eigenvalue weighted by Crippen LogP contribution is 2.24. The van der Waals surface area contributed by atoms with E-state index >= 15 is 0 Å². The number of aromatic carboxylic acids is 1. The fraction of sp³-hybridized carbons (Fsp3) is 0.500. The van der Waals surface area contributed by atoms with Crippen LogP contribution in [0.1, 0.15) is 23.2 Å². The molecule has 4 atom stereocenters. The standard InChI is InChI=1S/C20H30N10O2/c21-12-5-13(22)8-29(7-12)19-26-18(25-16-3-1-11(2-4-16)17(31)32)27-20(28-19)30-9-14(23)6-15(24)10-30/h1-4,12-15H,5-10,21-24H2,(H,31,32)(H,25,26,27,28)/t12-,13+,14-,15+. The fourth-order valence-corrected chi connectivity index (χ4v) is 4.20. The van der Waals surface area contributed by atoms with Crippen molar-refractivity contribution in [1.29, 1.82) is 0 Å². The molecule has 0 spiro atoms. The van der Waals surface area contributed by atoms with Gasteiger partial charge in [-0.15, -0.1) is 0 Å². The number of nitrogens with one attached hydrogen (secondary N) is 1. The number of carbonyl (C=O) groups is 1. The first-order valence-corrected chi connectivity index (χ1v) is 10.7. The predicted molar refractivity (Wildman–Crippen MR) is 122 cm³/mol. The summed E-state index contributed by atoms with van der Waals surface area (Å²) in [5.74, 6) is 0.279. The van der Waals surface area contributed by atoms with Gasteiger partial charge in [0.25, 0.3) is 0 Å². The highest BCUT2D eigenvalue weighted by Gasteiger charge is 2.28. The third kappa shape index (κ3) is 5.22. The number of carboxylic acid groups (broad SMARTS) is 1. The lowest BCUT2D eigenvalue weighted by Gasteiger charge is -2.37. The van der Waals surface area contributed by atoms with Gasteiger partial charge in [0.2, 0.25) is 17.8 Å². The van der Waals surface area contributed by atoms with Crippen LogP contribution in [0.2, 0.25) is 0 Å². The zero-order chi connectivity index (χ0) is 22.8. The van der Waals surface area contributed by atoms with E-state index in [0.717, 1.165) is 12.8 Å². The summed E-state index contributed by atoms with van der Waals surface area (Å²) in [6.45, 7) is 2.34. The molecule has 3 heterocycles. The van der Waals surface area contributed by atoms with Crippen LogP contribution in [0.4, 0.5) is 23.5 Å². The zero-order valence-corrected chi connectivity index (χ0v) is 17.8. The van der Waals surface area contributed by atoms with E-state index in [1.165, 1.54) is 12.1 Å². The third-order valence-corrected chi connectivity index (χ3v) is 5.60. The van der Waals surface area contributed by atoms with Gasteiger partial charge >= 0.3 is 5.97 Å². The van der Waals surface area contributed by atoms with Gasteiger partial charge in [-0.05, 0) is 37.1 Å². The highest BCUT2D eigenvalue weighted by atomic mass is 16.4. The van der Waals surface area contributed by atoms with Crippen molar-refractivity contribution in [2.75, 3.05) is 41.3 Å². The summed E-state index contributed by atoms with van der Waals surface area (Å²) < 4.78 is 0. The second-order valence-corrected chi connectivity index (χ2v) is 8.59.